The summed E-state index contributed by atoms with van der Waals surface area (Å²) in [5, 5.41) is 3.61. The number of rotatable bonds is 5. The van der Waals surface area contributed by atoms with Crippen molar-refractivity contribution in [3.05, 3.63) is 18.6 Å². The van der Waals surface area contributed by atoms with Gasteiger partial charge in [-0.05, 0) is 12.8 Å². The first-order chi connectivity index (χ1) is 6.83. The summed E-state index contributed by atoms with van der Waals surface area (Å²) in [4.78, 5) is 19.1. The van der Waals surface area contributed by atoms with Gasteiger partial charge in [-0.15, -0.1) is 0 Å². The van der Waals surface area contributed by atoms with Crippen LogP contribution in [0, 0.1) is 0 Å². The number of amides is 1. The van der Waals surface area contributed by atoms with Crippen molar-refractivity contribution >= 4 is 27.7 Å². The predicted molar refractivity (Wildman–Crippen MR) is 58.3 cm³/mol. The molecule has 0 bridgehead atoms. The summed E-state index contributed by atoms with van der Waals surface area (Å²) in [5.74, 6) is 0.503. The molecule has 0 aliphatic carbocycles. The second-order valence-corrected chi connectivity index (χ2v) is 3.58. The van der Waals surface area contributed by atoms with E-state index in [0.717, 1.165) is 18.2 Å². The molecule has 0 radical (unpaired) electrons. The number of nitrogens with one attached hydrogen (secondary N) is 1. The zero-order chi connectivity index (χ0) is 10.2. The third-order valence-corrected chi connectivity index (χ3v) is 2.18. The van der Waals surface area contributed by atoms with E-state index in [1.54, 1.807) is 12.4 Å². The van der Waals surface area contributed by atoms with Crippen LogP contribution in [0.15, 0.2) is 18.6 Å². The standard InChI is InChI=1S/C9H12BrN3O/c10-4-2-1-3-9(14)13-8-7-11-5-6-12-8/h5-7H,1-4H2,(H,12,13,14). The lowest BCUT2D eigenvalue weighted by molar-refractivity contribution is -0.116. The van der Waals surface area contributed by atoms with Gasteiger partial charge in [0.25, 0.3) is 0 Å². The average molecular weight is 258 g/mol. The highest BCUT2D eigenvalue weighted by Gasteiger charge is 2.01. The molecule has 0 saturated carbocycles. The highest BCUT2D eigenvalue weighted by molar-refractivity contribution is 9.09. The number of hydrogen-bond acceptors (Lipinski definition) is 3. The molecular formula is C9H12BrN3O. The maximum absolute atomic E-state index is 11.3. The molecule has 1 aromatic rings. The lowest BCUT2D eigenvalue weighted by atomic mass is 10.2. The van der Waals surface area contributed by atoms with E-state index >= 15 is 0 Å². The fourth-order valence-electron chi connectivity index (χ4n) is 0.949. The minimum absolute atomic E-state index is 0.00792. The predicted octanol–water partition coefficient (Wildman–Crippen LogP) is 1.98. The molecule has 0 fully saturated rings. The Morgan fingerprint density at radius 2 is 2.29 bits per heavy atom. The molecule has 1 rings (SSSR count). The molecule has 1 aromatic heterocycles. The quantitative estimate of drug-likeness (QED) is 0.649. The van der Waals surface area contributed by atoms with Gasteiger partial charge in [0.2, 0.25) is 5.91 Å². The Hall–Kier alpha value is -0.970. The maximum Gasteiger partial charge on any atom is 0.225 e. The number of carbonyl (C=O) groups excluding carboxylic acids is 1. The SMILES string of the molecule is O=C(CCCCBr)Nc1cnccn1. The van der Waals surface area contributed by atoms with Crippen LogP contribution in [0.5, 0.6) is 0 Å². The third kappa shape index (κ3) is 4.32. The topological polar surface area (TPSA) is 54.9 Å². The van der Waals surface area contributed by atoms with E-state index in [9.17, 15) is 4.79 Å². The molecule has 0 saturated heterocycles. The van der Waals surface area contributed by atoms with Crippen LogP contribution in [0.2, 0.25) is 0 Å². The number of hydrogen-bond donors (Lipinski definition) is 1. The van der Waals surface area contributed by atoms with Crippen molar-refractivity contribution in [3.8, 4) is 0 Å². The molecule has 0 atom stereocenters. The molecule has 0 unspecified atom stereocenters. The maximum atomic E-state index is 11.3. The van der Waals surface area contributed by atoms with Crippen LogP contribution in [-0.2, 0) is 4.79 Å². The second-order valence-electron chi connectivity index (χ2n) is 2.78. The van der Waals surface area contributed by atoms with E-state index in [4.69, 9.17) is 0 Å². The molecule has 1 heterocycles. The van der Waals surface area contributed by atoms with Crippen molar-refractivity contribution in [2.75, 3.05) is 10.6 Å². The lowest BCUT2D eigenvalue weighted by Crippen LogP contribution is -2.12. The summed E-state index contributed by atoms with van der Waals surface area (Å²) in [5.41, 5.74) is 0. The number of alkyl halides is 1. The molecule has 1 N–H and O–H groups in total. The Morgan fingerprint density at radius 3 is 2.93 bits per heavy atom. The zero-order valence-electron chi connectivity index (χ0n) is 7.74. The number of carbonyl (C=O) groups is 1. The van der Waals surface area contributed by atoms with Gasteiger partial charge in [-0.1, -0.05) is 15.9 Å². The van der Waals surface area contributed by atoms with Crippen molar-refractivity contribution in [2.24, 2.45) is 0 Å². The first-order valence-corrected chi connectivity index (χ1v) is 5.57. The Labute approximate surface area is 91.3 Å². The van der Waals surface area contributed by atoms with Crippen LogP contribution in [0.4, 0.5) is 5.82 Å². The number of halogens is 1. The normalized spacial score (nSPS) is 9.79. The molecule has 5 heteroatoms. The van der Waals surface area contributed by atoms with Crippen LogP contribution in [0.1, 0.15) is 19.3 Å². The van der Waals surface area contributed by atoms with E-state index in [0.29, 0.717) is 12.2 Å². The summed E-state index contributed by atoms with van der Waals surface area (Å²) in [7, 11) is 0. The minimum Gasteiger partial charge on any atom is -0.309 e. The second kappa shape index (κ2) is 6.48. The largest absolute Gasteiger partial charge is 0.309 e. The monoisotopic (exact) mass is 257 g/mol. The molecule has 1 amide bonds. The molecular weight excluding hydrogens is 246 g/mol. The van der Waals surface area contributed by atoms with Gasteiger partial charge in [-0.2, -0.15) is 0 Å². The molecule has 0 aliphatic rings. The number of anilines is 1. The zero-order valence-corrected chi connectivity index (χ0v) is 9.33. The molecule has 14 heavy (non-hydrogen) atoms. The fourth-order valence-corrected chi connectivity index (χ4v) is 1.35. The number of unbranched alkanes of at least 4 members (excludes halogenated alkanes) is 1. The number of nitrogens with zero attached hydrogens (tertiary/aromatic N) is 2. The summed E-state index contributed by atoms with van der Waals surface area (Å²) in [6.45, 7) is 0. The van der Waals surface area contributed by atoms with Crippen LogP contribution in [0.3, 0.4) is 0 Å². The average Bonchev–Trinajstić information content (AvgIpc) is 2.20. The first-order valence-electron chi connectivity index (χ1n) is 4.45. The summed E-state index contributed by atoms with van der Waals surface area (Å²) in [6.07, 6.45) is 7.07. The van der Waals surface area contributed by atoms with Crippen LogP contribution in [0.25, 0.3) is 0 Å². The van der Waals surface area contributed by atoms with Crippen molar-refractivity contribution < 1.29 is 4.79 Å². The Morgan fingerprint density at radius 1 is 1.43 bits per heavy atom. The van der Waals surface area contributed by atoms with Crippen LogP contribution < -0.4 is 5.32 Å². The molecule has 4 nitrogen and oxygen atoms in total. The van der Waals surface area contributed by atoms with Gasteiger partial charge in [-0.3, -0.25) is 9.78 Å². The van der Waals surface area contributed by atoms with Crippen molar-refractivity contribution in [3.63, 3.8) is 0 Å². The lowest BCUT2D eigenvalue weighted by Gasteiger charge is -2.02. The van der Waals surface area contributed by atoms with Gasteiger partial charge < -0.3 is 5.32 Å². The van der Waals surface area contributed by atoms with Gasteiger partial charge >= 0.3 is 0 Å². The first kappa shape index (κ1) is 11.1. The van der Waals surface area contributed by atoms with Crippen molar-refractivity contribution in [1.82, 2.24) is 9.97 Å². The van der Waals surface area contributed by atoms with Gasteiger partial charge in [0, 0.05) is 24.1 Å². The van der Waals surface area contributed by atoms with Gasteiger partial charge in [0.1, 0.15) is 0 Å². The molecule has 76 valence electrons. The third-order valence-electron chi connectivity index (χ3n) is 1.62. The highest BCUT2D eigenvalue weighted by atomic mass is 79.9. The Kier molecular flexibility index (Phi) is 5.14. The van der Waals surface area contributed by atoms with Gasteiger partial charge in [0.15, 0.2) is 5.82 Å². The number of aromatic nitrogens is 2. The van der Waals surface area contributed by atoms with Gasteiger partial charge in [-0.25, -0.2) is 4.98 Å². The van der Waals surface area contributed by atoms with Crippen molar-refractivity contribution in [2.45, 2.75) is 19.3 Å². The Balaban J connectivity index is 2.27. The molecule has 0 aliphatic heterocycles. The highest BCUT2D eigenvalue weighted by Crippen LogP contribution is 2.02. The van der Waals surface area contributed by atoms with Crippen molar-refractivity contribution in [1.29, 1.82) is 0 Å². The van der Waals surface area contributed by atoms with Gasteiger partial charge in [0.05, 0.1) is 6.20 Å². The molecule has 0 aromatic carbocycles. The van der Waals surface area contributed by atoms with Crippen LogP contribution >= 0.6 is 15.9 Å². The summed E-state index contributed by atoms with van der Waals surface area (Å²) >= 11 is 3.31. The fraction of sp³-hybridized carbons (Fsp3) is 0.444. The Bertz CT molecular complexity index is 279. The molecule has 0 spiro atoms. The van der Waals surface area contributed by atoms with Crippen LogP contribution in [-0.4, -0.2) is 21.2 Å². The summed E-state index contributed by atoms with van der Waals surface area (Å²) in [6, 6.07) is 0. The van der Waals surface area contributed by atoms with E-state index in [-0.39, 0.29) is 5.91 Å². The van der Waals surface area contributed by atoms with E-state index in [1.807, 2.05) is 0 Å². The summed E-state index contributed by atoms with van der Waals surface area (Å²) < 4.78 is 0. The van der Waals surface area contributed by atoms with E-state index < -0.39 is 0 Å². The minimum atomic E-state index is -0.00792. The van der Waals surface area contributed by atoms with E-state index in [2.05, 4.69) is 31.2 Å². The smallest absolute Gasteiger partial charge is 0.225 e. The van der Waals surface area contributed by atoms with E-state index in [1.165, 1.54) is 6.20 Å².